The van der Waals surface area contributed by atoms with Crippen LogP contribution in [0.25, 0.3) is 0 Å². The van der Waals surface area contributed by atoms with Gasteiger partial charge in [-0.2, -0.15) is 4.89 Å². The molecule has 0 amide bonds. The van der Waals surface area contributed by atoms with E-state index >= 15 is 0 Å². The molecule has 27 heavy (non-hydrogen) atoms. The zero-order chi connectivity index (χ0) is 8.08. The van der Waals surface area contributed by atoms with Gasteiger partial charge in [0.2, 0.25) is 0 Å². The molecule has 0 aliphatic rings. The van der Waals surface area contributed by atoms with Crippen molar-refractivity contribution in [2.45, 2.75) is 0 Å². The molecule has 0 saturated heterocycles. The molecule has 0 radical (unpaired) electrons. The Morgan fingerprint density at radius 1 is 0.481 bits per heavy atom. The van der Waals surface area contributed by atoms with Gasteiger partial charge in [0.05, 0.1) is 0 Å². The fourth-order valence-corrected chi connectivity index (χ4v) is 0. The van der Waals surface area contributed by atoms with Crippen molar-refractivity contribution in [2.75, 3.05) is 0 Å². The highest BCUT2D eigenvalue weighted by atomic mass is 31.2. The van der Waals surface area contributed by atoms with Crippen LogP contribution in [0.2, 0.25) is 0 Å². The molecule has 0 heterocycles. The van der Waals surface area contributed by atoms with E-state index in [4.69, 9.17) is 33.6 Å². The van der Waals surface area contributed by atoms with E-state index in [1.165, 1.54) is 0 Å². The van der Waals surface area contributed by atoms with E-state index in [1.807, 2.05) is 0 Å². The van der Waals surface area contributed by atoms with Crippen LogP contribution in [0, 0.1) is 0 Å². The average Bonchev–Trinajstić information content (AvgIpc) is 1.19. The van der Waals surface area contributed by atoms with Crippen LogP contribution in [0.5, 0.6) is 0 Å². The van der Waals surface area contributed by atoms with E-state index in [2.05, 4.69) is 0 Å². The van der Waals surface area contributed by atoms with Gasteiger partial charge in [-0.3, -0.25) is 0 Å². The Morgan fingerprint density at radius 2 is 0.481 bits per heavy atom. The zero-order valence-electron chi connectivity index (χ0n) is 12.9. The Bertz CT molecular complexity index is 110. The second kappa shape index (κ2) is 214. The van der Waals surface area contributed by atoms with Gasteiger partial charge in [0.25, 0.3) is 0 Å². The molecule has 0 bridgehead atoms. The number of hydrogen-bond donors (Lipinski definition) is 4. The lowest BCUT2D eigenvalue weighted by Gasteiger charge is -1.82. The molecule has 0 aromatic carbocycles. The standard InChI is InChI=1S/H3O4P.HO3P.18H2O/c1-5(2,3)4;1-4(2)3;;;;;;;;;;;;;;;;;;/h(H3,1,2,3,4);(H,1,2,3);18*1H2. The first-order valence-electron chi connectivity index (χ1n) is 1.35. The first-order valence-corrected chi connectivity index (χ1v) is 4.04. The Kier molecular flexibility index (Phi) is 3290. The average molecular weight is 502 g/mol. The summed E-state index contributed by atoms with van der Waals surface area (Å²) in [6.45, 7) is 0. The second-order valence-electron chi connectivity index (χ2n) is 0.751. The quantitative estimate of drug-likeness (QED) is 0.231. The molecule has 27 heteroatoms. The molecule has 0 saturated carbocycles. The number of rotatable bonds is 0. The summed E-state index contributed by atoms with van der Waals surface area (Å²) in [5.74, 6) is 0. The van der Waals surface area contributed by atoms with E-state index in [9.17, 15) is 0 Å². The molecule has 200 valence electrons. The normalized spacial score (nSPS) is 3.81. The maximum Gasteiger partial charge on any atom is 0.485 e. The topological polar surface area (TPSA) is 705 Å². The van der Waals surface area contributed by atoms with Crippen molar-refractivity contribution in [1.29, 1.82) is 0 Å². The van der Waals surface area contributed by atoms with E-state index in [1.54, 1.807) is 0 Å². The molecular formula is H40O25P2. The molecular weight excluding hydrogens is 462 g/mol. The molecule has 0 aliphatic carbocycles. The Hall–Kier alpha value is -0.590. The van der Waals surface area contributed by atoms with Crippen molar-refractivity contribution in [3.63, 3.8) is 0 Å². The van der Waals surface area contributed by atoms with E-state index in [0.29, 0.717) is 0 Å². The first-order chi connectivity index (χ1) is 3.73. The third kappa shape index (κ3) is 40000. The molecule has 0 fully saturated rings. The van der Waals surface area contributed by atoms with Gasteiger partial charge in [0.1, 0.15) is 0 Å². The van der Waals surface area contributed by atoms with Crippen LogP contribution < -0.4 is 4.89 Å². The van der Waals surface area contributed by atoms with Gasteiger partial charge in [-0.15, -0.1) is 0 Å². The Balaban J connectivity index is -0.00000000121. The van der Waals surface area contributed by atoms with Crippen LogP contribution in [-0.4, -0.2) is 118 Å². The SMILES string of the molecule is O.O.O.O.O.O.O.O.O.O.O.O.O.O.O.O.O.O.O=P(O)(O)O.O=[P+]([O-])O. The summed E-state index contributed by atoms with van der Waals surface area (Å²) in [5, 5.41) is 0. The Morgan fingerprint density at radius 3 is 0.481 bits per heavy atom. The van der Waals surface area contributed by atoms with Gasteiger partial charge < -0.3 is 118 Å². The predicted molar refractivity (Wildman–Crippen MR) is 89.1 cm³/mol. The lowest BCUT2D eigenvalue weighted by molar-refractivity contribution is -0.180. The summed E-state index contributed by atoms with van der Waals surface area (Å²) in [6.07, 6.45) is 0. The van der Waals surface area contributed by atoms with Crippen molar-refractivity contribution in [2.24, 2.45) is 0 Å². The summed E-state index contributed by atoms with van der Waals surface area (Å²) < 4.78 is 17.5. The monoisotopic (exact) mass is 502 g/mol. The zero-order valence-corrected chi connectivity index (χ0v) is 14.7. The molecule has 0 aromatic heterocycles. The van der Waals surface area contributed by atoms with Gasteiger partial charge >= 0.3 is 16.1 Å². The van der Waals surface area contributed by atoms with Crippen LogP contribution in [0.1, 0.15) is 0 Å². The lowest BCUT2D eigenvalue weighted by Crippen LogP contribution is -1.78. The van der Waals surface area contributed by atoms with Crippen LogP contribution >= 0.6 is 16.1 Å². The third-order valence-corrected chi connectivity index (χ3v) is 0. The minimum absolute atomic E-state index is 0. The van der Waals surface area contributed by atoms with E-state index < -0.39 is 16.1 Å². The largest absolute Gasteiger partial charge is 0.567 e. The van der Waals surface area contributed by atoms with Crippen LogP contribution in [0.3, 0.4) is 0 Å². The molecule has 0 aromatic rings. The molecule has 0 rings (SSSR count). The maximum absolute atomic E-state index is 8.88. The smallest absolute Gasteiger partial charge is 0.485 e. The van der Waals surface area contributed by atoms with Crippen molar-refractivity contribution in [3.05, 3.63) is 0 Å². The van der Waals surface area contributed by atoms with Crippen LogP contribution in [0.4, 0.5) is 0 Å². The fourth-order valence-electron chi connectivity index (χ4n) is 0. The van der Waals surface area contributed by atoms with Crippen molar-refractivity contribution < 1.29 is 132 Å². The number of hydrogen-bond acceptors (Lipinski definition) is 3. The minimum Gasteiger partial charge on any atom is -0.567 e. The molecule has 0 spiro atoms. The summed E-state index contributed by atoms with van der Waals surface area (Å²) >= 11 is 0. The van der Waals surface area contributed by atoms with Gasteiger partial charge in [0, 0.05) is 0 Å². The van der Waals surface area contributed by atoms with Crippen molar-refractivity contribution in [3.8, 4) is 0 Å². The minimum atomic E-state index is -4.64. The maximum atomic E-state index is 8.88. The van der Waals surface area contributed by atoms with Gasteiger partial charge in [-0.1, -0.05) is 0 Å². The predicted octanol–water partition coefficient (Wildman–Crippen LogP) is -16.8. The lowest BCUT2D eigenvalue weighted by atomic mass is 15.8. The highest BCUT2D eigenvalue weighted by molar-refractivity contribution is 7.45. The fraction of sp³-hybridized carbons (Fsp3) is 0. The highest BCUT2D eigenvalue weighted by Crippen LogP contribution is 2.25. The molecule has 1 atom stereocenters. The van der Waals surface area contributed by atoms with Crippen molar-refractivity contribution >= 4 is 16.1 Å². The second-order valence-corrected chi connectivity index (χ2v) is 2.25. The molecule has 1 unspecified atom stereocenters. The highest BCUT2D eigenvalue weighted by Gasteiger charge is 2.00. The van der Waals surface area contributed by atoms with Gasteiger partial charge in [0.15, 0.2) is 0 Å². The van der Waals surface area contributed by atoms with Gasteiger partial charge in [-0.05, 0) is 4.57 Å². The Labute approximate surface area is 149 Å². The summed E-state index contributed by atoms with van der Waals surface area (Å²) in [6, 6.07) is 0. The first kappa shape index (κ1) is 415. The summed E-state index contributed by atoms with van der Waals surface area (Å²) in [4.78, 5) is 37.2. The summed E-state index contributed by atoms with van der Waals surface area (Å²) in [5.41, 5.74) is 0. The van der Waals surface area contributed by atoms with Gasteiger partial charge in [-0.25, -0.2) is 4.57 Å². The third-order valence-electron chi connectivity index (χ3n) is 0. The molecule has 25 nitrogen and oxygen atoms in total. The van der Waals surface area contributed by atoms with E-state index in [-0.39, 0.29) is 98.6 Å². The van der Waals surface area contributed by atoms with Crippen LogP contribution in [-0.2, 0) is 9.13 Å². The summed E-state index contributed by atoms with van der Waals surface area (Å²) in [7, 11) is -7.76. The van der Waals surface area contributed by atoms with E-state index in [0.717, 1.165) is 0 Å². The number of phosphoric acid groups is 1. The molecule has 40 N–H and O–H groups in total. The molecule has 0 aliphatic heterocycles. The van der Waals surface area contributed by atoms with Crippen molar-refractivity contribution in [1.82, 2.24) is 0 Å². The van der Waals surface area contributed by atoms with Crippen LogP contribution in [0.15, 0.2) is 0 Å².